The maximum absolute atomic E-state index is 10.8. The third-order valence-corrected chi connectivity index (χ3v) is 3.31. The largest absolute Gasteiger partial charge is 0.383 e. The molecule has 0 unspecified atom stereocenters. The van der Waals surface area contributed by atoms with E-state index in [9.17, 15) is 10.1 Å². The van der Waals surface area contributed by atoms with Gasteiger partial charge in [-0.2, -0.15) is 5.26 Å². The molecule has 1 aliphatic carbocycles. The van der Waals surface area contributed by atoms with Gasteiger partial charge in [0.25, 0.3) is 5.69 Å². The third-order valence-electron chi connectivity index (χ3n) is 3.31. The van der Waals surface area contributed by atoms with Crippen molar-refractivity contribution in [2.45, 2.75) is 24.8 Å². The minimum atomic E-state index is -0.550. The minimum Gasteiger partial charge on any atom is -0.383 e. The van der Waals surface area contributed by atoms with Crippen molar-refractivity contribution in [1.82, 2.24) is 0 Å². The predicted octanol–water partition coefficient (Wildman–Crippen LogP) is 1.76. The number of rotatable bonds is 4. The van der Waals surface area contributed by atoms with E-state index < -0.39 is 4.92 Å². The molecule has 6 nitrogen and oxygen atoms in total. The fourth-order valence-electron chi connectivity index (χ4n) is 1.97. The Morgan fingerprint density at radius 2 is 2.28 bits per heavy atom. The Balaban J connectivity index is 2.12. The topological polar surface area (TPSA) is 105 Å². The number of benzene rings is 1. The summed E-state index contributed by atoms with van der Waals surface area (Å²) in [6, 6.07) is 6.29. The predicted molar refractivity (Wildman–Crippen MR) is 67.1 cm³/mol. The maximum Gasteiger partial charge on any atom is 0.289 e. The molecule has 1 fully saturated rings. The monoisotopic (exact) mass is 246 g/mol. The summed E-state index contributed by atoms with van der Waals surface area (Å²) in [5.74, 6) is 0. The summed E-state index contributed by atoms with van der Waals surface area (Å²) >= 11 is 0. The molecule has 94 valence electrons. The second-order valence-electron chi connectivity index (χ2n) is 4.67. The quantitative estimate of drug-likeness (QED) is 0.622. The van der Waals surface area contributed by atoms with Crippen molar-refractivity contribution >= 4 is 11.4 Å². The highest BCUT2D eigenvalue weighted by Gasteiger charge is 2.32. The van der Waals surface area contributed by atoms with Gasteiger partial charge in [0.05, 0.1) is 4.92 Å². The standard InChI is InChI=1S/C12H14N4O2/c13-7-9-2-3-10(6-11(9)16(17)18)15-8-12(14)4-1-5-12/h2-3,6,15H,1,4-5,8,14H2. The molecule has 1 aromatic carbocycles. The van der Waals surface area contributed by atoms with E-state index in [0.717, 1.165) is 19.3 Å². The molecule has 3 N–H and O–H groups in total. The summed E-state index contributed by atoms with van der Waals surface area (Å²) in [6.07, 6.45) is 3.07. The van der Waals surface area contributed by atoms with Crippen LogP contribution in [0, 0.1) is 21.4 Å². The first-order chi connectivity index (χ1) is 8.54. The van der Waals surface area contributed by atoms with Crippen LogP contribution in [0.5, 0.6) is 0 Å². The molecule has 0 amide bonds. The Hall–Kier alpha value is -2.13. The summed E-state index contributed by atoms with van der Waals surface area (Å²) in [6.45, 7) is 0.593. The first kappa shape index (κ1) is 12.3. The molecule has 0 heterocycles. The van der Waals surface area contributed by atoms with E-state index in [1.165, 1.54) is 12.1 Å². The molecule has 1 saturated carbocycles. The van der Waals surface area contributed by atoms with E-state index in [1.807, 2.05) is 0 Å². The number of nitrogens with two attached hydrogens (primary N) is 1. The zero-order chi connectivity index (χ0) is 13.2. The zero-order valence-corrected chi connectivity index (χ0v) is 9.85. The lowest BCUT2D eigenvalue weighted by molar-refractivity contribution is -0.385. The SMILES string of the molecule is N#Cc1ccc(NCC2(N)CCC2)cc1[N+](=O)[O-]. The number of hydrogen-bond acceptors (Lipinski definition) is 5. The number of anilines is 1. The molecule has 0 aromatic heterocycles. The number of nitrogens with zero attached hydrogens (tertiary/aromatic N) is 2. The normalized spacial score (nSPS) is 16.4. The molecule has 18 heavy (non-hydrogen) atoms. The molecular formula is C12H14N4O2. The van der Waals surface area contributed by atoms with Crippen molar-refractivity contribution in [3.63, 3.8) is 0 Å². The van der Waals surface area contributed by atoms with Gasteiger partial charge in [-0.1, -0.05) is 0 Å². The molecule has 1 aromatic rings. The third kappa shape index (κ3) is 2.41. The molecule has 0 saturated heterocycles. The number of nitrogens with one attached hydrogen (secondary N) is 1. The van der Waals surface area contributed by atoms with Gasteiger partial charge in [-0.25, -0.2) is 0 Å². The van der Waals surface area contributed by atoms with E-state index >= 15 is 0 Å². The number of nitro groups is 1. The Morgan fingerprint density at radius 3 is 2.78 bits per heavy atom. The van der Waals surface area contributed by atoms with Gasteiger partial charge in [-0.15, -0.1) is 0 Å². The molecule has 0 atom stereocenters. The second-order valence-corrected chi connectivity index (χ2v) is 4.67. The second kappa shape index (κ2) is 4.63. The fourth-order valence-corrected chi connectivity index (χ4v) is 1.97. The van der Waals surface area contributed by atoms with Crippen molar-refractivity contribution in [1.29, 1.82) is 5.26 Å². The smallest absolute Gasteiger partial charge is 0.289 e. The number of nitriles is 1. The highest BCUT2D eigenvalue weighted by molar-refractivity contribution is 5.59. The van der Waals surface area contributed by atoms with Crippen LogP contribution in [0.2, 0.25) is 0 Å². The Kier molecular flexibility index (Phi) is 3.17. The summed E-state index contributed by atoms with van der Waals surface area (Å²) in [7, 11) is 0. The molecule has 0 spiro atoms. The van der Waals surface area contributed by atoms with Crippen LogP contribution in [-0.4, -0.2) is 17.0 Å². The van der Waals surface area contributed by atoms with Crippen LogP contribution in [0.25, 0.3) is 0 Å². The molecule has 1 aliphatic rings. The van der Waals surface area contributed by atoms with Crippen molar-refractivity contribution < 1.29 is 4.92 Å². The average Bonchev–Trinajstić information content (AvgIpc) is 2.33. The number of hydrogen-bond donors (Lipinski definition) is 2. The summed E-state index contributed by atoms with van der Waals surface area (Å²) < 4.78 is 0. The van der Waals surface area contributed by atoms with Crippen LogP contribution < -0.4 is 11.1 Å². The highest BCUT2D eigenvalue weighted by Crippen LogP contribution is 2.30. The van der Waals surface area contributed by atoms with E-state index in [-0.39, 0.29) is 16.8 Å². The van der Waals surface area contributed by atoms with Crippen LogP contribution in [0.15, 0.2) is 18.2 Å². The summed E-state index contributed by atoms with van der Waals surface area (Å²) in [5, 5.41) is 22.7. The average molecular weight is 246 g/mol. The van der Waals surface area contributed by atoms with Gasteiger partial charge in [0.1, 0.15) is 11.6 Å². The molecule has 0 aliphatic heterocycles. The van der Waals surface area contributed by atoms with Gasteiger partial charge in [-0.05, 0) is 31.4 Å². The molecule has 6 heteroatoms. The summed E-state index contributed by atoms with van der Waals surface area (Å²) in [4.78, 5) is 10.3. The van der Waals surface area contributed by atoms with E-state index in [2.05, 4.69) is 5.32 Å². The van der Waals surface area contributed by atoms with E-state index in [1.54, 1.807) is 12.1 Å². The van der Waals surface area contributed by atoms with Crippen molar-refractivity contribution in [3.8, 4) is 6.07 Å². The molecule has 0 bridgehead atoms. The van der Waals surface area contributed by atoms with Gasteiger partial charge in [0.15, 0.2) is 0 Å². The number of nitro benzene ring substituents is 1. The maximum atomic E-state index is 10.8. The van der Waals surface area contributed by atoms with Gasteiger partial charge < -0.3 is 11.1 Å². The van der Waals surface area contributed by atoms with Crippen LogP contribution in [0.4, 0.5) is 11.4 Å². The van der Waals surface area contributed by atoms with E-state index in [4.69, 9.17) is 11.0 Å². The van der Waals surface area contributed by atoms with Crippen LogP contribution in [-0.2, 0) is 0 Å². The van der Waals surface area contributed by atoms with Gasteiger partial charge >= 0.3 is 0 Å². The highest BCUT2D eigenvalue weighted by atomic mass is 16.6. The summed E-state index contributed by atoms with van der Waals surface area (Å²) in [5.41, 5.74) is 6.37. The Bertz CT molecular complexity index is 517. The first-order valence-electron chi connectivity index (χ1n) is 5.75. The van der Waals surface area contributed by atoms with Gasteiger partial charge in [-0.3, -0.25) is 10.1 Å². The molecule has 2 rings (SSSR count). The van der Waals surface area contributed by atoms with Crippen molar-refractivity contribution in [3.05, 3.63) is 33.9 Å². The minimum absolute atomic E-state index is 0.0663. The van der Waals surface area contributed by atoms with Crippen LogP contribution in [0.1, 0.15) is 24.8 Å². The van der Waals surface area contributed by atoms with Crippen molar-refractivity contribution in [2.24, 2.45) is 5.73 Å². The van der Waals surface area contributed by atoms with E-state index in [0.29, 0.717) is 12.2 Å². The first-order valence-corrected chi connectivity index (χ1v) is 5.75. The van der Waals surface area contributed by atoms with Crippen LogP contribution in [0.3, 0.4) is 0 Å². The molecule has 0 radical (unpaired) electrons. The van der Waals surface area contributed by atoms with Gasteiger partial charge in [0, 0.05) is 23.8 Å². The fraction of sp³-hybridized carbons (Fsp3) is 0.417. The Labute approximate surface area is 105 Å². The lowest BCUT2D eigenvalue weighted by Crippen LogP contribution is -2.51. The zero-order valence-electron chi connectivity index (χ0n) is 9.85. The Morgan fingerprint density at radius 1 is 1.56 bits per heavy atom. The molecular weight excluding hydrogens is 232 g/mol. The lowest BCUT2D eigenvalue weighted by Gasteiger charge is -2.38. The van der Waals surface area contributed by atoms with Crippen molar-refractivity contribution in [2.75, 3.05) is 11.9 Å². The lowest BCUT2D eigenvalue weighted by atomic mass is 9.78. The van der Waals surface area contributed by atoms with Gasteiger partial charge in [0.2, 0.25) is 0 Å². The van der Waals surface area contributed by atoms with Crippen LogP contribution >= 0.6 is 0 Å².